The SMILES string of the molecule is CC1(c2ccc(Cl)cc2)C(c2ccc(Cl)c(F)c2)N1S(=O)(=O)OCC(Cl)(Cl)Cl. The van der Waals surface area contributed by atoms with Crippen LogP contribution in [0.15, 0.2) is 42.5 Å². The number of hydrogen-bond donors (Lipinski definition) is 0. The molecule has 3 rings (SSSR count). The van der Waals surface area contributed by atoms with Gasteiger partial charge in [0.25, 0.3) is 0 Å². The van der Waals surface area contributed by atoms with Gasteiger partial charge >= 0.3 is 10.3 Å². The predicted octanol–water partition coefficient (Wildman–Crippen LogP) is 6.04. The first-order valence-corrected chi connectivity index (χ1v) is 11.1. The molecule has 0 amide bonds. The van der Waals surface area contributed by atoms with E-state index in [1.807, 2.05) is 0 Å². The molecular formula is C17H13Cl5FNO3S. The number of nitrogens with zero attached hydrogens (tertiary/aromatic N) is 1. The Hall–Kier alpha value is -0.310. The van der Waals surface area contributed by atoms with Crippen molar-refractivity contribution in [1.82, 2.24) is 4.31 Å². The van der Waals surface area contributed by atoms with Crippen LogP contribution in [-0.2, 0) is 20.0 Å². The normalized spacial score (nSPS) is 25.0. The van der Waals surface area contributed by atoms with E-state index in [-0.39, 0.29) is 5.02 Å². The van der Waals surface area contributed by atoms with Crippen LogP contribution in [0.4, 0.5) is 4.39 Å². The fourth-order valence-corrected chi connectivity index (χ4v) is 5.38. The van der Waals surface area contributed by atoms with Crippen LogP contribution in [0.25, 0.3) is 0 Å². The van der Waals surface area contributed by atoms with Gasteiger partial charge in [-0.25, -0.2) is 4.39 Å². The minimum atomic E-state index is -4.31. The van der Waals surface area contributed by atoms with Crippen molar-refractivity contribution in [3.63, 3.8) is 0 Å². The quantitative estimate of drug-likeness (QED) is 0.366. The van der Waals surface area contributed by atoms with Crippen molar-refractivity contribution in [3.8, 4) is 0 Å². The van der Waals surface area contributed by atoms with Crippen molar-refractivity contribution in [1.29, 1.82) is 0 Å². The van der Waals surface area contributed by atoms with Crippen LogP contribution < -0.4 is 0 Å². The number of rotatable bonds is 5. The van der Waals surface area contributed by atoms with Crippen molar-refractivity contribution in [3.05, 3.63) is 69.5 Å². The van der Waals surface area contributed by atoms with Crippen LogP contribution in [0.3, 0.4) is 0 Å². The van der Waals surface area contributed by atoms with Crippen LogP contribution in [0.2, 0.25) is 10.0 Å². The maximum absolute atomic E-state index is 14.0. The van der Waals surface area contributed by atoms with Crippen LogP contribution >= 0.6 is 58.0 Å². The highest BCUT2D eigenvalue weighted by Gasteiger charge is 2.67. The van der Waals surface area contributed by atoms with E-state index in [1.54, 1.807) is 37.3 Å². The molecule has 0 saturated carbocycles. The summed E-state index contributed by atoms with van der Waals surface area (Å²) in [5, 5.41) is 0.420. The van der Waals surface area contributed by atoms with Crippen molar-refractivity contribution >= 4 is 68.3 Å². The molecular weight excluding hydrogens is 495 g/mol. The van der Waals surface area contributed by atoms with E-state index in [1.165, 1.54) is 12.1 Å². The van der Waals surface area contributed by atoms with Crippen molar-refractivity contribution < 1.29 is 17.0 Å². The summed E-state index contributed by atoms with van der Waals surface area (Å²) in [4.78, 5) is 0. The lowest BCUT2D eigenvalue weighted by atomic mass is 9.93. The Balaban J connectivity index is 2.04. The molecule has 4 nitrogen and oxygen atoms in total. The molecule has 11 heteroatoms. The van der Waals surface area contributed by atoms with E-state index in [0.29, 0.717) is 16.1 Å². The van der Waals surface area contributed by atoms with Gasteiger partial charge in [0.05, 0.1) is 16.6 Å². The second-order valence-electron chi connectivity index (χ2n) is 6.36. The first-order chi connectivity index (χ1) is 12.9. The molecule has 1 fully saturated rings. The molecule has 0 bridgehead atoms. The molecule has 2 aromatic rings. The van der Waals surface area contributed by atoms with Crippen LogP contribution in [0.5, 0.6) is 0 Å². The Morgan fingerprint density at radius 1 is 1.14 bits per heavy atom. The Morgan fingerprint density at radius 3 is 2.29 bits per heavy atom. The average Bonchev–Trinajstić information content (AvgIpc) is 3.24. The van der Waals surface area contributed by atoms with E-state index in [4.69, 9.17) is 62.2 Å². The van der Waals surface area contributed by atoms with Gasteiger partial charge in [0, 0.05) is 5.02 Å². The maximum Gasteiger partial charge on any atom is 0.340 e. The monoisotopic (exact) mass is 505 g/mol. The van der Waals surface area contributed by atoms with E-state index in [9.17, 15) is 12.8 Å². The van der Waals surface area contributed by atoms with E-state index in [0.717, 1.165) is 4.31 Å². The van der Waals surface area contributed by atoms with Gasteiger partial charge in [-0.1, -0.05) is 76.2 Å². The molecule has 1 aliphatic rings. The first-order valence-electron chi connectivity index (χ1n) is 7.83. The molecule has 1 heterocycles. The zero-order valence-corrected chi connectivity index (χ0v) is 18.8. The molecule has 0 spiro atoms. The van der Waals surface area contributed by atoms with Crippen LogP contribution in [0.1, 0.15) is 24.1 Å². The van der Waals surface area contributed by atoms with Gasteiger partial charge in [0.2, 0.25) is 3.79 Å². The molecule has 0 radical (unpaired) electrons. The van der Waals surface area contributed by atoms with Gasteiger partial charge in [0.15, 0.2) is 0 Å². The maximum atomic E-state index is 14.0. The summed E-state index contributed by atoms with van der Waals surface area (Å²) in [5.41, 5.74) is -0.0178. The second kappa shape index (κ2) is 7.75. The zero-order chi connectivity index (χ0) is 20.9. The van der Waals surface area contributed by atoms with E-state index in [2.05, 4.69) is 0 Å². The van der Waals surface area contributed by atoms with Gasteiger partial charge in [0.1, 0.15) is 12.4 Å². The number of hydrogen-bond acceptors (Lipinski definition) is 3. The standard InChI is InChI=1S/C17H13Cl5FNO3S/c1-16(11-3-5-12(18)6-4-11)15(10-2-7-13(19)14(23)8-10)24(16)28(25,26)27-9-17(20,21)22/h2-8,15H,9H2,1H3. The Labute approximate surface area is 187 Å². The van der Waals surface area contributed by atoms with Gasteiger partial charge < -0.3 is 0 Å². The second-order valence-corrected chi connectivity index (χ2v) is 11.2. The zero-order valence-electron chi connectivity index (χ0n) is 14.2. The average molecular weight is 508 g/mol. The topological polar surface area (TPSA) is 46.4 Å². The van der Waals surface area contributed by atoms with E-state index < -0.39 is 38.1 Å². The molecule has 0 aromatic heterocycles. The third-order valence-corrected chi connectivity index (χ3v) is 6.83. The molecule has 152 valence electrons. The highest BCUT2D eigenvalue weighted by Crippen LogP contribution is 2.62. The Morgan fingerprint density at radius 2 is 1.75 bits per heavy atom. The Bertz CT molecular complexity index is 997. The highest BCUT2D eigenvalue weighted by molar-refractivity contribution is 7.84. The van der Waals surface area contributed by atoms with Gasteiger partial charge in [-0.15, -0.1) is 0 Å². The molecule has 0 N–H and O–H groups in total. The lowest BCUT2D eigenvalue weighted by molar-refractivity contribution is 0.298. The summed E-state index contributed by atoms with van der Waals surface area (Å²) in [6.07, 6.45) is 0. The van der Waals surface area contributed by atoms with Crippen molar-refractivity contribution in [2.45, 2.75) is 22.3 Å². The van der Waals surface area contributed by atoms with Gasteiger partial charge in [-0.2, -0.15) is 12.7 Å². The highest BCUT2D eigenvalue weighted by atomic mass is 35.6. The lowest BCUT2D eigenvalue weighted by Crippen LogP contribution is -2.26. The smallest absolute Gasteiger partial charge is 0.253 e. The number of benzene rings is 2. The number of halogens is 6. The first kappa shape index (κ1) is 22.4. The van der Waals surface area contributed by atoms with Crippen molar-refractivity contribution in [2.75, 3.05) is 6.61 Å². The fraction of sp³-hybridized carbons (Fsp3) is 0.294. The predicted molar refractivity (Wildman–Crippen MR) is 110 cm³/mol. The summed E-state index contributed by atoms with van der Waals surface area (Å²) in [6, 6.07) is 9.99. The third-order valence-electron chi connectivity index (χ3n) is 4.46. The molecule has 28 heavy (non-hydrogen) atoms. The molecule has 2 aromatic carbocycles. The van der Waals surface area contributed by atoms with Crippen LogP contribution in [0, 0.1) is 5.82 Å². The van der Waals surface area contributed by atoms with E-state index >= 15 is 0 Å². The lowest BCUT2D eigenvalue weighted by Gasteiger charge is -2.15. The molecule has 1 aliphatic heterocycles. The van der Waals surface area contributed by atoms with Crippen molar-refractivity contribution in [2.24, 2.45) is 0 Å². The summed E-state index contributed by atoms with van der Waals surface area (Å²) in [5.74, 6) is -0.663. The summed E-state index contributed by atoms with van der Waals surface area (Å²) in [7, 11) is -4.31. The summed E-state index contributed by atoms with van der Waals surface area (Å²) >= 11 is 28.5. The third kappa shape index (κ3) is 4.40. The summed E-state index contributed by atoms with van der Waals surface area (Å²) in [6.45, 7) is 1.01. The minimum Gasteiger partial charge on any atom is -0.253 e. The Kier molecular flexibility index (Phi) is 6.19. The number of alkyl halides is 3. The van der Waals surface area contributed by atoms with Gasteiger partial charge in [-0.3, -0.25) is 4.18 Å². The molecule has 3 unspecified atom stereocenters. The fourth-order valence-electron chi connectivity index (χ4n) is 3.13. The summed E-state index contributed by atoms with van der Waals surface area (Å²) < 4.78 is 43.7. The molecule has 3 atom stereocenters. The van der Waals surface area contributed by atoms with Crippen LogP contribution in [-0.4, -0.2) is 23.1 Å². The molecule has 1 saturated heterocycles. The molecule has 0 aliphatic carbocycles. The minimum absolute atomic E-state index is 0.0699. The largest absolute Gasteiger partial charge is 0.340 e. The van der Waals surface area contributed by atoms with Gasteiger partial charge in [-0.05, 0) is 42.3 Å².